The van der Waals surface area contributed by atoms with Gasteiger partial charge in [0.2, 0.25) is 5.78 Å². The third-order valence-electron chi connectivity index (χ3n) is 4.75. The predicted octanol–water partition coefficient (Wildman–Crippen LogP) is 4.10. The Hall–Kier alpha value is -3.28. The molecule has 0 atom stereocenters. The van der Waals surface area contributed by atoms with Crippen molar-refractivity contribution in [1.82, 2.24) is 4.57 Å². The van der Waals surface area contributed by atoms with Crippen LogP contribution in [0.2, 0.25) is 0 Å². The fourth-order valence-corrected chi connectivity index (χ4v) is 3.12. The van der Waals surface area contributed by atoms with Gasteiger partial charge >= 0.3 is 5.97 Å². The maximum Gasteiger partial charge on any atom is 0.338 e. The summed E-state index contributed by atoms with van der Waals surface area (Å²) in [4.78, 5) is 24.9. The highest BCUT2D eigenvalue weighted by atomic mass is 16.5. The van der Waals surface area contributed by atoms with Gasteiger partial charge in [-0.15, -0.1) is 0 Å². The molecular weight excluding hydrogens is 358 g/mol. The molecule has 6 heteroatoms. The second-order valence-electron chi connectivity index (χ2n) is 6.63. The van der Waals surface area contributed by atoms with Crippen LogP contribution in [0, 0.1) is 20.8 Å². The number of methoxy groups -OCH3 is 1. The number of Topliss-reactive ketones (excluding diaryl/α,β-unsaturated/α-hetero) is 1. The number of furan rings is 1. The number of ketones is 1. The monoisotopic (exact) mass is 381 g/mol. The molecule has 3 rings (SSSR count). The maximum absolute atomic E-state index is 12.6. The van der Waals surface area contributed by atoms with Gasteiger partial charge in [-0.3, -0.25) is 4.79 Å². The SMILES string of the molecule is COc1cc(C(=O)OCC(=O)c2cc(C)n(Cc3ccco3)c2C)ccc1C. The van der Waals surface area contributed by atoms with Crippen molar-refractivity contribution < 1.29 is 23.5 Å². The van der Waals surface area contributed by atoms with Crippen LogP contribution in [0.15, 0.2) is 47.1 Å². The van der Waals surface area contributed by atoms with E-state index in [1.54, 1.807) is 31.6 Å². The molecule has 0 saturated heterocycles. The predicted molar refractivity (Wildman–Crippen MR) is 104 cm³/mol. The zero-order chi connectivity index (χ0) is 20.3. The van der Waals surface area contributed by atoms with E-state index in [4.69, 9.17) is 13.9 Å². The molecule has 0 bridgehead atoms. The second-order valence-corrected chi connectivity index (χ2v) is 6.63. The van der Waals surface area contributed by atoms with E-state index in [9.17, 15) is 9.59 Å². The van der Waals surface area contributed by atoms with Gasteiger partial charge in [-0.05, 0) is 56.7 Å². The summed E-state index contributed by atoms with van der Waals surface area (Å²) in [5.41, 5.74) is 3.55. The van der Waals surface area contributed by atoms with Crippen molar-refractivity contribution in [1.29, 1.82) is 0 Å². The maximum atomic E-state index is 12.6. The highest BCUT2D eigenvalue weighted by molar-refractivity contribution is 6.00. The molecule has 146 valence electrons. The van der Waals surface area contributed by atoms with E-state index in [2.05, 4.69) is 0 Å². The number of carbonyl (C=O) groups is 2. The van der Waals surface area contributed by atoms with Crippen molar-refractivity contribution in [3.63, 3.8) is 0 Å². The van der Waals surface area contributed by atoms with Gasteiger partial charge < -0.3 is 18.5 Å². The minimum Gasteiger partial charge on any atom is -0.496 e. The number of nitrogens with zero attached hydrogens (tertiary/aromatic N) is 1. The Balaban J connectivity index is 1.69. The largest absolute Gasteiger partial charge is 0.496 e. The molecule has 0 amide bonds. The smallest absolute Gasteiger partial charge is 0.338 e. The van der Waals surface area contributed by atoms with Crippen molar-refractivity contribution in [2.24, 2.45) is 0 Å². The van der Waals surface area contributed by atoms with Gasteiger partial charge in [-0.1, -0.05) is 6.07 Å². The summed E-state index contributed by atoms with van der Waals surface area (Å²) in [5, 5.41) is 0. The summed E-state index contributed by atoms with van der Waals surface area (Å²) in [6, 6.07) is 10.6. The summed E-state index contributed by atoms with van der Waals surface area (Å²) in [6.45, 7) is 5.91. The summed E-state index contributed by atoms with van der Waals surface area (Å²) >= 11 is 0. The number of esters is 1. The fourth-order valence-electron chi connectivity index (χ4n) is 3.12. The molecule has 0 aliphatic heterocycles. The third-order valence-corrected chi connectivity index (χ3v) is 4.75. The van der Waals surface area contributed by atoms with Gasteiger partial charge in [-0.2, -0.15) is 0 Å². The lowest BCUT2D eigenvalue weighted by molar-refractivity contribution is 0.0474. The number of aryl methyl sites for hydroxylation is 2. The molecule has 28 heavy (non-hydrogen) atoms. The molecule has 0 aliphatic carbocycles. The van der Waals surface area contributed by atoms with Crippen molar-refractivity contribution >= 4 is 11.8 Å². The summed E-state index contributed by atoms with van der Waals surface area (Å²) in [5.74, 6) is 0.602. The van der Waals surface area contributed by atoms with E-state index in [1.165, 1.54) is 0 Å². The normalized spacial score (nSPS) is 10.7. The summed E-state index contributed by atoms with van der Waals surface area (Å²) < 4.78 is 17.8. The highest BCUT2D eigenvalue weighted by Gasteiger charge is 2.19. The quantitative estimate of drug-likeness (QED) is 0.455. The van der Waals surface area contributed by atoms with E-state index in [0.717, 1.165) is 22.7 Å². The number of hydrogen-bond acceptors (Lipinski definition) is 5. The molecule has 0 spiro atoms. The van der Waals surface area contributed by atoms with E-state index >= 15 is 0 Å². The van der Waals surface area contributed by atoms with Gasteiger partial charge in [0, 0.05) is 17.0 Å². The first-order valence-electron chi connectivity index (χ1n) is 8.94. The van der Waals surface area contributed by atoms with E-state index in [1.807, 2.05) is 43.5 Å². The topological polar surface area (TPSA) is 70.7 Å². The third kappa shape index (κ3) is 4.01. The minimum absolute atomic E-state index is 0.244. The molecule has 0 aliphatic rings. The average molecular weight is 381 g/mol. The van der Waals surface area contributed by atoms with Crippen molar-refractivity contribution in [2.75, 3.05) is 13.7 Å². The van der Waals surface area contributed by atoms with Crippen LogP contribution in [0.4, 0.5) is 0 Å². The van der Waals surface area contributed by atoms with Crippen LogP contribution in [0.1, 0.15) is 43.4 Å². The van der Waals surface area contributed by atoms with E-state index in [0.29, 0.717) is 23.4 Å². The second kappa shape index (κ2) is 8.17. The molecule has 2 aromatic heterocycles. The van der Waals surface area contributed by atoms with Crippen LogP contribution < -0.4 is 4.74 Å². The van der Waals surface area contributed by atoms with Crippen LogP contribution in [0.3, 0.4) is 0 Å². The lowest BCUT2D eigenvalue weighted by Crippen LogP contribution is -2.15. The lowest BCUT2D eigenvalue weighted by Gasteiger charge is -2.09. The Labute approximate surface area is 163 Å². The Morgan fingerprint density at radius 1 is 1.11 bits per heavy atom. The standard InChI is InChI=1S/C22H23NO5/c1-14-7-8-17(11-21(14)26-4)22(25)28-13-20(24)19-10-15(2)23(16(19)3)12-18-6-5-9-27-18/h5-11H,12-13H2,1-4H3. The highest BCUT2D eigenvalue weighted by Crippen LogP contribution is 2.21. The van der Waals surface area contributed by atoms with Crippen LogP contribution in [-0.4, -0.2) is 30.0 Å². The Morgan fingerprint density at radius 2 is 1.89 bits per heavy atom. The van der Waals surface area contributed by atoms with Crippen LogP contribution in [-0.2, 0) is 11.3 Å². The van der Waals surface area contributed by atoms with Gasteiger partial charge in [0.05, 0.1) is 25.5 Å². The van der Waals surface area contributed by atoms with Gasteiger partial charge in [0.1, 0.15) is 11.5 Å². The number of carbonyl (C=O) groups excluding carboxylic acids is 2. The fraction of sp³-hybridized carbons (Fsp3) is 0.273. The van der Waals surface area contributed by atoms with Crippen molar-refractivity contribution in [3.05, 3.63) is 76.5 Å². The number of rotatable bonds is 7. The van der Waals surface area contributed by atoms with Crippen molar-refractivity contribution in [3.8, 4) is 5.75 Å². The molecule has 0 fully saturated rings. The first-order chi connectivity index (χ1) is 13.4. The molecule has 1 aromatic carbocycles. The Bertz CT molecular complexity index is 998. The molecule has 2 heterocycles. The molecule has 3 aromatic rings. The summed E-state index contributed by atoms with van der Waals surface area (Å²) in [7, 11) is 1.54. The molecular formula is C22H23NO5. The summed E-state index contributed by atoms with van der Waals surface area (Å²) in [6.07, 6.45) is 1.62. The molecule has 0 N–H and O–H groups in total. The number of aromatic nitrogens is 1. The minimum atomic E-state index is -0.559. The number of ether oxygens (including phenoxy) is 2. The van der Waals surface area contributed by atoms with E-state index in [-0.39, 0.29) is 12.4 Å². The van der Waals surface area contributed by atoms with Crippen LogP contribution in [0.5, 0.6) is 5.75 Å². The van der Waals surface area contributed by atoms with Gasteiger partial charge in [0.15, 0.2) is 6.61 Å². The average Bonchev–Trinajstić information content (AvgIpc) is 3.30. The zero-order valence-electron chi connectivity index (χ0n) is 16.4. The van der Waals surface area contributed by atoms with E-state index < -0.39 is 5.97 Å². The Morgan fingerprint density at radius 3 is 2.57 bits per heavy atom. The zero-order valence-corrected chi connectivity index (χ0v) is 16.4. The van der Waals surface area contributed by atoms with Gasteiger partial charge in [0.25, 0.3) is 0 Å². The Kier molecular flexibility index (Phi) is 5.68. The molecule has 6 nitrogen and oxygen atoms in total. The van der Waals surface area contributed by atoms with Crippen LogP contribution in [0.25, 0.3) is 0 Å². The molecule has 0 saturated carbocycles. The number of benzene rings is 1. The van der Waals surface area contributed by atoms with Gasteiger partial charge in [-0.25, -0.2) is 4.79 Å². The molecule has 0 radical (unpaired) electrons. The first kappa shape index (κ1) is 19.5. The number of hydrogen-bond donors (Lipinski definition) is 0. The first-order valence-corrected chi connectivity index (χ1v) is 8.94. The lowest BCUT2D eigenvalue weighted by atomic mass is 10.1. The molecule has 0 unspecified atom stereocenters. The van der Waals surface area contributed by atoms with Crippen molar-refractivity contribution in [2.45, 2.75) is 27.3 Å². The van der Waals surface area contributed by atoms with Crippen LogP contribution >= 0.6 is 0 Å².